The van der Waals surface area contributed by atoms with E-state index in [0.29, 0.717) is 5.92 Å². The number of rotatable bonds is 2. The van der Waals surface area contributed by atoms with Crippen LogP contribution in [0.5, 0.6) is 0 Å². The number of hydrogen-bond acceptors (Lipinski definition) is 1. The summed E-state index contributed by atoms with van der Waals surface area (Å²) in [6, 6.07) is 17.1. The van der Waals surface area contributed by atoms with Crippen LogP contribution in [0.15, 0.2) is 48.5 Å². The zero-order valence-electron chi connectivity index (χ0n) is 12.2. The van der Waals surface area contributed by atoms with Crippen LogP contribution in [0.1, 0.15) is 44.1 Å². The van der Waals surface area contributed by atoms with Crippen molar-refractivity contribution in [3.8, 4) is 11.1 Å². The summed E-state index contributed by atoms with van der Waals surface area (Å²) in [6.45, 7) is 2.36. The molecule has 3 rings (SSSR count). The summed E-state index contributed by atoms with van der Waals surface area (Å²) >= 11 is 0. The lowest BCUT2D eigenvalue weighted by atomic mass is 9.79. The smallest absolute Gasteiger partial charge is 0.0396 e. The first kappa shape index (κ1) is 13.2. The molecule has 1 aliphatic carbocycles. The van der Waals surface area contributed by atoms with Crippen LogP contribution in [-0.2, 0) is 0 Å². The highest BCUT2D eigenvalue weighted by Crippen LogP contribution is 2.37. The van der Waals surface area contributed by atoms with Crippen LogP contribution in [0.2, 0.25) is 0 Å². The monoisotopic (exact) mass is 265 g/mol. The molecule has 0 spiro atoms. The first-order valence-electron chi connectivity index (χ1n) is 7.69. The van der Waals surface area contributed by atoms with Crippen LogP contribution in [-0.4, -0.2) is 0 Å². The zero-order chi connectivity index (χ0) is 13.9. The molecule has 1 heteroatoms. The molecule has 1 nitrogen and oxygen atoms in total. The molecule has 2 aromatic rings. The predicted molar refractivity (Wildman–Crippen MR) is 86.7 cm³/mol. The van der Waals surface area contributed by atoms with Gasteiger partial charge in [0, 0.05) is 11.3 Å². The molecule has 0 aliphatic heterocycles. The Morgan fingerprint density at radius 2 is 1.60 bits per heavy atom. The summed E-state index contributed by atoms with van der Waals surface area (Å²) in [5, 5.41) is 0. The molecule has 0 saturated heterocycles. The van der Waals surface area contributed by atoms with Gasteiger partial charge in [0.15, 0.2) is 0 Å². The molecule has 0 atom stereocenters. The number of anilines is 1. The van der Waals surface area contributed by atoms with Crippen LogP contribution < -0.4 is 5.73 Å². The molecule has 0 heterocycles. The second-order valence-electron chi connectivity index (χ2n) is 6.17. The Labute approximate surface area is 121 Å². The van der Waals surface area contributed by atoms with E-state index in [1.165, 1.54) is 36.8 Å². The number of nitrogen functional groups attached to an aromatic ring is 1. The Morgan fingerprint density at radius 3 is 2.25 bits per heavy atom. The summed E-state index contributed by atoms with van der Waals surface area (Å²) in [6.07, 6.45) is 5.33. The van der Waals surface area contributed by atoms with Crippen molar-refractivity contribution in [2.45, 2.75) is 38.5 Å². The lowest BCUT2D eigenvalue weighted by molar-refractivity contribution is 0.348. The number of hydrogen-bond donors (Lipinski definition) is 1. The van der Waals surface area contributed by atoms with E-state index >= 15 is 0 Å². The maximum absolute atomic E-state index is 6.29. The summed E-state index contributed by atoms with van der Waals surface area (Å²) in [7, 11) is 0. The third-order valence-corrected chi connectivity index (χ3v) is 4.65. The fourth-order valence-electron chi connectivity index (χ4n) is 3.31. The van der Waals surface area contributed by atoms with Crippen LogP contribution in [0, 0.1) is 5.92 Å². The minimum Gasteiger partial charge on any atom is -0.398 e. The van der Waals surface area contributed by atoms with Gasteiger partial charge in [-0.25, -0.2) is 0 Å². The van der Waals surface area contributed by atoms with E-state index in [1.54, 1.807) is 0 Å². The van der Waals surface area contributed by atoms with Crippen molar-refractivity contribution in [1.82, 2.24) is 0 Å². The molecule has 0 aromatic heterocycles. The van der Waals surface area contributed by atoms with Gasteiger partial charge in [0.05, 0.1) is 0 Å². The largest absolute Gasteiger partial charge is 0.398 e. The maximum atomic E-state index is 6.29. The van der Waals surface area contributed by atoms with Gasteiger partial charge < -0.3 is 5.73 Å². The van der Waals surface area contributed by atoms with Gasteiger partial charge in [-0.3, -0.25) is 0 Å². The fourth-order valence-corrected chi connectivity index (χ4v) is 3.31. The first-order chi connectivity index (χ1) is 9.74. The predicted octanol–water partition coefficient (Wildman–Crippen LogP) is 5.23. The lowest BCUT2D eigenvalue weighted by Crippen LogP contribution is -2.11. The van der Waals surface area contributed by atoms with E-state index in [2.05, 4.69) is 49.4 Å². The van der Waals surface area contributed by atoms with E-state index in [4.69, 9.17) is 5.73 Å². The van der Waals surface area contributed by atoms with Crippen molar-refractivity contribution in [2.75, 3.05) is 5.73 Å². The minimum absolute atomic E-state index is 0.707. The molecule has 20 heavy (non-hydrogen) atoms. The second-order valence-corrected chi connectivity index (χ2v) is 6.17. The van der Waals surface area contributed by atoms with Crippen LogP contribution in [0.4, 0.5) is 5.69 Å². The number of nitrogens with two attached hydrogens (primary N) is 1. The Hall–Kier alpha value is -1.76. The Balaban J connectivity index is 1.84. The Bertz CT molecular complexity index is 566. The molecule has 1 saturated carbocycles. The number of benzene rings is 2. The Morgan fingerprint density at radius 1 is 0.900 bits per heavy atom. The zero-order valence-corrected chi connectivity index (χ0v) is 12.2. The highest BCUT2D eigenvalue weighted by molar-refractivity contribution is 5.76. The topological polar surface area (TPSA) is 26.0 Å². The lowest BCUT2D eigenvalue weighted by Gasteiger charge is -2.27. The molecule has 1 aliphatic rings. The quantitative estimate of drug-likeness (QED) is 0.739. The molecule has 2 N–H and O–H groups in total. The van der Waals surface area contributed by atoms with Gasteiger partial charge in [0.2, 0.25) is 0 Å². The van der Waals surface area contributed by atoms with Crippen LogP contribution in [0.25, 0.3) is 11.1 Å². The second kappa shape index (κ2) is 5.70. The highest BCUT2D eigenvalue weighted by atomic mass is 14.6. The third kappa shape index (κ3) is 2.72. The van der Waals surface area contributed by atoms with Crippen molar-refractivity contribution >= 4 is 5.69 Å². The first-order valence-corrected chi connectivity index (χ1v) is 7.69. The molecule has 0 radical (unpaired) electrons. The van der Waals surface area contributed by atoms with Crippen molar-refractivity contribution in [3.63, 3.8) is 0 Å². The van der Waals surface area contributed by atoms with E-state index in [1.807, 2.05) is 6.07 Å². The summed E-state index contributed by atoms with van der Waals surface area (Å²) in [5.74, 6) is 1.60. The van der Waals surface area contributed by atoms with E-state index in [-0.39, 0.29) is 0 Å². The van der Waals surface area contributed by atoms with E-state index in [0.717, 1.165) is 17.2 Å². The van der Waals surface area contributed by atoms with Crippen molar-refractivity contribution in [1.29, 1.82) is 0 Å². The average molecular weight is 265 g/mol. The van der Waals surface area contributed by atoms with E-state index < -0.39 is 0 Å². The average Bonchev–Trinajstić information content (AvgIpc) is 2.49. The SMILES string of the molecule is CC1CCC(c2ccc(-c3ccccc3)c(N)c2)CC1. The third-order valence-electron chi connectivity index (χ3n) is 4.65. The maximum Gasteiger partial charge on any atom is 0.0396 e. The molecule has 1 fully saturated rings. The fraction of sp³-hybridized carbons (Fsp3) is 0.368. The molecular formula is C19H23N. The molecule has 0 unspecified atom stereocenters. The standard InChI is InChI=1S/C19H23N/c1-14-7-9-15(10-8-14)17-11-12-18(19(20)13-17)16-5-3-2-4-6-16/h2-6,11-15H,7-10,20H2,1H3. The van der Waals surface area contributed by atoms with Crippen molar-refractivity contribution in [2.24, 2.45) is 5.92 Å². The highest BCUT2D eigenvalue weighted by Gasteiger charge is 2.20. The molecular weight excluding hydrogens is 242 g/mol. The summed E-state index contributed by atoms with van der Waals surface area (Å²) < 4.78 is 0. The van der Waals surface area contributed by atoms with Crippen LogP contribution >= 0.6 is 0 Å². The van der Waals surface area contributed by atoms with Gasteiger partial charge in [-0.2, -0.15) is 0 Å². The van der Waals surface area contributed by atoms with Gasteiger partial charge in [0.1, 0.15) is 0 Å². The van der Waals surface area contributed by atoms with Gasteiger partial charge >= 0.3 is 0 Å². The van der Waals surface area contributed by atoms with Gasteiger partial charge in [-0.1, -0.05) is 62.2 Å². The summed E-state index contributed by atoms with van der Waals surface area (Å²) in [4.78, 5) is 0. The van der Waals surface area contributed by atoms with Gasteiger partial charge in [0.25, 0.3) is 0 Å². The minimum atomic E-state index is 0.707. The van der Waals surface area contributed by atoms with Gasteiger partial charge in [-0.05, 0) is 41.9 Å². The molecule has 104 valence electrons. The summed E-state index contributed by atoms with van der Waals surface area (Å²) in [5.41, 5.74) is 11.0. The van der Waals surface area contributed by atoms with Crippen molar-refractivity contribution in [3.05, 3.63) is 54.1 Å². The molecule has 0 bridgehead atoms. The Kier molecular flexibility index (Phi) is 3.77. The van der Waals surface area contributed by atoms with Crippen molar-refractivity contribution < 1.29 is 0 Å². The normalized spacial score (nSPS) is 22.6. The van der Waals surface area contributed by atoms with Crippen LogP contribution in [0.3, 0.4) is 0 Å². The van der Waals surface area contributed by atoms with Gasteiger partial charge in [-0.15, -0.1) is 0 Å². The molecule has 2 aromatic carbocycles. The van der Waals surface area contributed by atoms with E-state index in [9.17, 15) is 0 Å². The molecule has 0 amide bonds.